The lowest BCUT2D eigenvalue weighted by Crippen LogP contribution is -2.21. The highest BCUT2D eigenvalue weighted by atomic mass is 15.1. The van der Waals surface area contributed by atoms with Crippen LogP contribution in [0.5, 0.6) is 0 Å². The van der Waals surface area contributed by atoms with Crippen molar-refractivity contribution in [1.82, 2.24) is 14.9 Å². The molecule has 1 N–H and O–H groups in total. The maximum absolute atomic E-state index is 4.71. The Bertz CT molecular complexity index is 470. The molecule has 0 radical (unpaired) electrons. The van der Waals surface area contributed by atoms with Crippen molar-refractivity contribution in [2.45, 2.75) is 25.7 Å². The predicted molar refractivity (Wildman–Crippen MR) is 70.2 cm³/mol. The van der Waals surface area contributed by atoms with Gasteiger partial charge in [0.2, 0.25) is 0 Å². The number of hydrogen-bond donors (Lipinski definition) is 1. The first-order valence-corrected chi connectivity index (χ1v) is 6.54. The van der Waals surface area contributed by atoms with Gasteiger partial charge in [0, 0.05) is 12.5 Å². The highest BCUT2D eigenvalue weighted by Gasteiger charge is 2.25. The van der Waals surface area contributed by atoms with Gasteiger partial charge in [0.05, 0.1) is 11.0 Å². The van der Waals surface area contributed by atoms with Crippen LogP contribution < -0.4 is 0 Å². The summed E-state index contributed by atoms with van der Waals surface area (Å²) in [5.41, 5.74) is 2.26. The van der Waals surface area contributed by atoms with Crippen LogP contribution in [0.1, 0.15) is 31.5 Å². The maximum atomic E-state index is 4.71. The molecular formula is C14H19N3. The van der Waals surface area contributed by atoms with Crippen LogP contribution in [-0.4, -0.2) is 34.5 Å². The first-order valence-electron chi connectivity index (χ1n) is 6.54. The Morgan fingerprint density at radius 2 is 2.29 bits per heavy atom. The Balaban J connectivity index is 1.80. The fourth-order valence-electron chi connectivity index (χ4n) is 2.74. The number of benzene rings is 1. The number of aromatic amines is 1. The molecule has 2 heterocycles. The molecule has 3 rings (SSSR count). The first-order chi connectivity index (χ1) is 8.36. The summed E-state index contributed by atoms with van der Waals surface area (Å²) >= 11 is 0. The lowest BCUT2D eigenvalue weighted by Gasteiger charge is -2.13. The number of aromatic nitrogens is 2. The Morgan fingerprint density at radius 3 is 3.12 bits per heavy atom. The van der Waals surface area contributed by atoms with Crippen LogP contribution in [0.4, 0.5) is 0 Å². The van der Waals surface area contributed by atoms with E-state index in [-0.39, 0.29) is 0 Å². The van der Waals surface area contributed by atoms with Gasteiger partial charge in [-0.05, 0) is 38.1 Å². The van der Waals surface area contributed by atoms with Gasteiger partial charge in [-0.15, -0.1) is 0 Å². The van der Waals surface area contributed by atoms with E-state index >= 15 is 0 Å². The molecular weight excluding hydrogens is 210 g/mol. The molecule has 1 atom stereocenters. The molecule has 3 nitrogen and oxygen atoms in total. The summed E-state index contributed by atoms with van der Waals surface area (Å²) in [5.74, 6) is 1.76. The fourth-order valence-corrected chi connectivity index (χ4v) is 2.74. The van der Waals surface area contributed by atoms with Gasteiger partial charge in [-0.25, -0.2) is 4.98 Å². The van der Waals surface area contributed by atoms with Crippen molar-refractivity contribution in [3.05, 3.63) is 30.1 Å². The second-order valence-corrected chi connectivity index (χ2v) is 4.93. The molecule has 0 amide bonds. The lowest BCUT2D eigenvalue weighted by molar-refractivity contribution is 0.334. The molecule has 2 aromatic rings. The second kappa shape index (κ2) is 4.49. The van der Waals surface area contributed by atoms with Crippen LogP contribution in [0.15, 0.2) is 24.3 Å². The van der Waals surface area contributed by atoms with Gasteiger partial charge in [0.15, 0.2) is 0 Å². The number of rotatable bonds is 3. The van der Waals surface area contributed by atoms with Crippen molar-refractivity contribution >= 4 is 11.0 Å². The van der Waals surface area contributed by atoms with Crippen LogP contribution >= 0.6 is 0 Å². The number of H-pyrrole nitrogens is 1. The third-order valence-corrected chi connectivity index (χ3v) is 3.61. The minimum Gasteiger partial charge on any atom is -0.342 e. The van der Waals surface area contributed by atoms with Crippen molar-refractivity contribution in [2.24, 2.45) is 0 Å². The van der Waals surface area contributed by atoms with Gasteiger partial charge in [0.25, 0.3) is 0 Å². The summed E-state index contributed by atoms with van der Waals surface area (Å²) in [7, 11) is 0. The summed E-state index contributed by atoms with van der Waals surface area (Å²) in [6.07, 6.45) is 2.48. The number of para-hydroxylation sites is 2. The number of nitrogens with one attached hydrogen (secondary N) is 1. The van der Waals surface area contributed by atoms with E-state index in [1.807, 2.05) is 6.07 Å². The average Bonchev–Trinajstić information content (AvgIpc) is 2.94. The Labute approximate surface area is 102 Å². The van der Waals surface area contributed by atoms with Crippen molar-refractivity contribution in [3.63, 3.8) is 0 Å². The molecule has 17 heavy (non-hydrogen) atoms. The zero-order valence-electron chi connectivity index (χ0n) is 10.3. The fraction of sp³-hybridized carbons (Fsp3) is 0.500. The molecule has 1 aliphatic heterocycles. The van der Waals surface area contributed by atoms with E-state index in [4.69, 9.17) is 4.98 Å². The predicted octanol–water partition coefficient (Wildman–Crippen LogP) is 2.76. The highest BCUT2D eigenvalue weighted by molar-refractivity contribution is 5.74. The number of nitrogens with zero attached hydrogens (tertiary/aromatic N) is 2. The number of fused-ring (bicyclic) bond motifs is 1. The number of hydrogen-bond acceptors (Lipinski definition) is 2. The third-order valence-electron chi connectivity index (χ3n) is 3.61. The van der Waals surface area contributed by atoms with E-state index in [1.54, 1.807) is 0 Å². The van der Waals surface area contributed by atoms with Gasteiger partial charge in [-0.1, -0.05) is 19.1 Å². The molecule has 1 aliphatic rings. The van der Waals surface area contributed by atoms with Gasteiger partial charge < -0.3 is 9.88 Å². The molecule has 1 unspecified atom stereocenters. The van der Waals surface area contributed by atoms with Crippen molar-refractivity contribution in [2.75, 3.05) is 19.6 Å². The summed E-state index contributed by atoms with van der Waals surface area (Å²) in [4.78, 5) is 10.7. The monoisotopic (exact) mass is 229 g/mol. The highest BCUT2D eigenvalue weighted by Crippen LogP contribution is 2.26. The largest absolute Gasteiger partial charge is 0.342 e. The number of imidazole rings is 1. The second-order valence-electron chi connectivity index (χ2n) is 4.93. The van der Waals surface area contributed by atoms with Crippen LogP contribution in [-0.2, 0) is 0 Å². The van der Waals surface area contributed by atoms with E-state index in [9.17, 15) is 0 Å². The Morgan fingerprint density at radius 1 is 1.41 bits per heavy atom. The quantitative estimate of drug-likeness (QED) is 0.877. The summed E-state index contributed by atoms with van der Waals surface area (Å²) < 4.78 is 0. The molecule has 90 valence electrons. The standard InChI is InChI=1S/C14H19N3/c1-2-8-17-9-7-11(10-17)14-15-12-5-3-4-6-13(12)16-14/h3-6,11H,2,7-10H2,1H3,(H,15,16). The zero-order valence-corrected chi connectivity index (χ0v) is 10.3. The van der Waals surface area contributed by atoms with Crippen LogP contribution in [0.3, 0.4) is 0 Å². The normalized spacial score (nSPS) is 21.4. The summed E-state index contributed by atoms with van der Waals surface area (Å²) in [6.45, 7) is 5.84. The van der Waals surface area contributed by atoms with Gasteiger partial charge in [-0.3, -0.25) is 0 Å². The van der Waals surface area contributed by atoms with Gasteiger partial charge in [-0.2, -0.15) is 0 Å². The summed E-state index contributed by atoms with van der Waals surface area (Å²) in [5, 5.41) is 0. The first kappa shape index (κ1) is 10.8. The van der Waals surface area contributed by atoms with Gasteiger partial charge >= 0.3 is 0 Å². The molecule has 0 saturated carbocycles. The Kier molecular flexibility index (Phi) is 2.85. The topological polar surface area (TPSA) is 31.9 Å². The third kappa shape index (κ3) is 2.07. The van der Waals surface area contributed by atoms with Crippen LogP contribution in [0, 0.1) is 0 Å². The Hall–Kier alpha value is -1.35. The van der Waals surface area contributed by atoms with E-state index < -0.39 is 0 Å². The molecule has 0 bridgehead atoms. The summed E-state index contributed by atoms with van der Waals surface area (Å²) in [6, 6.07) is 8.28. The average molecular weight is 229 g/mol. The maximum Gasteiger partial charge on any atom is 0.111 e. The van der Waals surface area contributed by atoms with Crippen LogP contribution in [0.25, 0.3) is 11.0 Å². The molecule has 1 fully saturated rings. The van der Waals surface area contributed by atoms with E-state index in [2.05, 4.69) is 35.0 Å². The van der Waals surface area contributed by atoms with E-state index in [0.717, 1.165) is 17.6 Å². The van der Waals surface area contributed by atoms with Gasteiger partial charge in [0.1, 0.15) is 5.82 Å². The molecule has 1 aromatic carbocycles. The molecule has 3 heteroatoms. The molecule has 1 saturated heterocycles. The van der Waals surface area contributed by atoms with E-state index in [1.165, 1.54) is 31.8 Å². The van der Waals surface area contributed by atoms with Crippen LogP contribution in [0.2, 0.25) is 0 Å². The molecule has 1 aromatic heterocycles. The van der Waals surface area contributed by atoms with Crippen molar-refractivity contribution < 1.29 is 0 Å². The minimum absolute atomic E-state index is 0.592. The molecule has 0 aliphatic carbocycles. The number of likely N-dealkylation sites (tertiary alicyclic amines) is 1. The van der Waals surface area contributed by atoms with Crippen molar-refractivity contribution in [3.8, 4) is 0 Å². The van der Waals surface area contributed by atoms with E-state index in [0.29, 0.717) is 5.92 Å². The SMILES string of the molecule is CCCN1CCC(c2nc3ccccc3[nH]2)C1. The zero-order chi connectivity index (χ0) is 11.7. The minimum atomic E-state index is 0.592. The molecule has 0 spiro atoms. The lowest BCUT2D eigenvalue weighted by atomic mass is 10.1. The van der Waals surface area contributed by atoms with Crippen molar-refractivity contribution in [1.29, 1.82) is 0 Å². The smallest absolute Gasteiger partial charge is 0.111 e.